The molecule has 0 saturated carbocycles. The molecule has 1 aromatic rings. The number of hydrogen-bond acceptors (Lipinski definition) is 4. The van der Waals surface area contributed by atoms with E-state index in [-0.39, 0.29) is 0 Å². The number of ether oxygens (including phenoxy) is 2. The van der Waals surface area contributed by atoms with Crippen LogP contribution in [0.15, 0.2) is 18.2 Å². The predicted octanol–water partition coefficient (Wildman–Crippen LogP) is 1.73. The van der Waals surface area contributed by atoms with E-state index in [0.29, 0.717) is 30.4 Å². The summed E-state index contributed by atoms with van der Waals surface area (Å²) in [6.07, 6.45) is 0. The van der Waals surface area contributed by atoms with Crippen LogP contribution in [0.5, 0.6) is 11.5 Å². The van der Waals surface area contributed by atoms with Gasteiger partial charge in [0.05, 0.1) is 0 Å². The van der Waals surface area contributed by atoms with E-state index in [1.807, 2.05) is 0 Å². The fourth-order valence-electron chi connectivity index (χ4n) is 1.54. The SMILES string of the molecule is CC(C)(Nc1ccc2c(c1)OCCO2)C(=O)O. The molecule has 0 saturated heterocycles. The van der Waals surface area contributed by atoms with Crippen LogP contribution in [-0.2, 0) is 4.79 Å². The summed E-state index contributed by atoms with van der Waals surface area (Å²) in [6.45, 7) is 4.26. The molecule has 2 N–H and O–H groups in total. The maximum absolute atomic E-state index is 11.0. The summed E-state index contributed by atoms with van der Waals surface area (Å²) in [5.74, 6) is 0.421. The Morgan fingerprint density at radius 1 is 1.29 bits per heavy atom. The molecule has 92 valence electrons. The van der Waals surface area contributed by atoms with Crippen LogP contribution >= 0.6 is 0 Å². The predicted molar refractivity (Wildman–Crippen MR) is 62.8 cm³/mol. The zero-order valence-corrected chi connectivity index (χ0v) is 9.82. The van der Waals surface area contributed by atoms with Gasteiger partial charge in [-0.1, -0.05) is 0 Å². The molecule has 0 atom stereocenters. The summed E-state index contributed by atoms with van der Waals surface area (Å²) >= 11 is 0. The average molecular weight is 237 g/mol. The van der Waals surface area contributed by atoms with E-state index in [4.69, 9.17) is 14.6 Å². The van der Waals surface area contributed by atoms with Crippen molar-refractivity contribution in [2.24, 2.45) is 0 Å². The van der Waals surface area contributed by atoms with Crippen molar-refractivity contribution in [1.82, 2.24) is 0 Å². The Bertz CT molecular complexity index is 442. The molecule has 0 fully saturated rings. The fraction of sp³-hybridized carbons (Fsp3) is 0.417. The van der Waals surface area contributed by atoms with Crippen molar-refractivity contribution in [3.8, 4) is 11.5 Å². The lowest BCUT2D eigenvalue weighted by molar-refractivity contribution is -0.141. The third kappa shape index (κ3) is 2.43. The molecule has 0 spiro atoms. The van der Waals surface area contributed by atoms with Gasteiger partial charge in [-0.05, 0) is 26.0 Å². The molecule has 0 radical (unpaired) electrons. The van der Waals surface area contributed by atoms with Gasteiger partial charge in [0.25, 0.3) is 0 Å². The third-order valence-electron chi connectivity index (χ3n) is 2.53. The molecule has 0 unspecified atom stereocenters. The minimum Gasteiger partial charge on any atom is -0.486 e. The van der Waals surface area contributed by atoms with Gasteiger partial charge in [-0.3, -0.25) is 0 Å². The highest BCUT2D eigenvalue weighted by Crippen LogP contribution is 2.33. The molecular weight excluding hydrogens is 222 g/mol. The van der Waals surface area contributed by atoms with Crippen LogP contribution in [-0.4, -0.2) is 29.8 Å². The zero-order valence-electron chi connectivity index (χ0n) is 9.82. The van der Waals surface area contributed by atoms with Crippen LogP contribution in [0.25, 0.3) is 0 Å². The largest absolute Gasteiger partial charge is 0.486 e. The van der Waals surface area contributed by atoms with E-state index < -0.39 is 11.5 Å². The lowest BCUT2D eigenvalue weighted by atomic mass is 10.1. The monoisotopic (exact) mass is 237 g/mol. The van der Waals surface area contributed by atoms with Crippen LogP contribution in [0, 0.1) is 0 Å². The molecule has 1 aliphatic rings. The van der Waals surface area contributed by atoms with Crippen molar-refractivity contribution in [3.05, 3.63) is 18.2 Å². The Morgan fingerprint density at radius 2 is 1.94 bits per heavy atom. The zero-order chi connectivity index (χ0) is 12.5. The van der Waals surface area contributed by atoms with Crippen molar-refractivity contribution in [3.63, 3.8) is 0 Å². The van der Waals surface area contributed by atoms with Gasteiger partial charge in [0.2, 0.25) is 0 Å². The number of anilines is 1. The summed E-state index contributed by atoms with van der Waals surface area (Å²) in [5.41, 5.74) is -0.328. The van der Waals surface area contributed by atoms with Crippen molar-refractivity contribution in [1.29, 1.82) is 0 Å². The first kappa shape index (κ1) is 11.6. The number of carboxylic acids is 1. The number of carbonyl (C=O) groups is 1. The lowest BCUT2D eigenvalue weighted by Crippen LogP contribution is -2.39. The molecule has 2 rings (SSSR count). The van der Waals surface area contributed by atoms with Crippen LogP contribution in [0.1, 0.15) is 13.8 Å². The number of nitrogens with one attached hydrogen (secondary N) is 1. The summed E-state index contributed by atoms with van der Waals surface area (Å²) in [6, 6.07) is 5.30. The Morgan fingerprint density at radius 3 is 2.59 bits per heavy atom. The normalized spacial score (nSPS) is 14.2. The molecule has 5 nitrogen and oxygen atoms in total. The Hall–Kier alpha value is -1.91. The van der Waals surface area contributed by atoms with Crippen molar-refractivity contribution < 1.29 is 19.4 Å². The summed E-state index contributed by atoms with van der Waals surface area (Å²) in [5, 5.41) is 12.0. The molecule has 1 aliphatic heterocycles. The Balaban J connectivity index is 2.20. The highest BCUT2D eigenvalue weighted by Gasteiger charge is 2.27. The van der Waals surface area contributed by atoms with Gasteiger partial charge in [0, 0.05) is 11.8 Å². The maximum Gasteiger partial charge on any atom is 0.328 e. The van der Waals surface area contributed by atoms with E-state index >= 15 is 0 Å². The van der Waals surface area contributed by atoms with Gasteiger partial charge in [0.1, 0.15) is 18.8 Å². The number of hydrogen-bond donors (Lipinski definition) is 2. The first-order valence-corrected chi connectivity index (χ1v) is 5.40. The maximum atomic E-state index is 11.0. The van der Waals surface area contributed by atoms with E-state index in [1.54, 1.807) is 32.0 Å². The van der Waals surface area contributed by atoms with Gasteiger partial charge in [-0.15, -0.1) is 0 Å². The van der Waals surface area contributed by atoms with E-state index in [0.717, 1.165) is 0 Å². The average Bonchev–Trinajstić information content (AvgIpc) is 2.28. The van der Waals surface area contributed by atoms with E-state index in [9.17, 15) is 4.79 Å². The van der Waals surface area contributed by atoms with Gasteiger partial charge in [-0.25, -0.2) is 4.79 Å². The Labute approximate surface area is 99.3 Å². The molecule has 5 heteroatoms. The summed E-state index contributed by atoms with van der Waals surface area (Å²) in [4.78, 5) is 11.0. The molecule has 0 aromatic heterocycles. The molecule has 17 heavy (non-hydrogen) atoms. The molecule has 0 amide bonds. The van der Waals surface area contributed by atoms with E-state index in [1.165, 1.54) is 0 Å². The lowest BCUT2D eigenvalue weighted by Gasteiger charge is -2.24. The van der Waals surface area contributed by atoms with Gasteiger partial charge >= 0.3 is 5.97 Å². The van der Waals surface area contributed by atoms with Crippen LogP contribution in [0.2, 0.25) is 0 Å². The third-order valence-corrected chi connectivity index (χ3v) is 2.53. The number of rotatable bonds is 3. The summed E-state index contributed by atoms with van der Waals surface area (Å²) < 4.78 is 10.8. The van der Waals surface area contributed by atoms with E-state index in [2.05, 4.69) is 5.32 Å². The second-order valence-corrected chi connectivity index (χ2v) is 4.41. The highest BCUT2D eigenvalue weighted by atomic mass is 16.6. The van der Waals surface area contributed by atoms with Gasteiger partial charge in [-0.2, -0.15) is 0 Å². The van der Waals surface area contributed by atoms with Crippen molar-refractivity contribution in [2.75, 3.05) is 18.5 Å². The van der Waals surface area contributed by atoms with Crippen LogP contribution in [0.4, 0.5) is 5.69 Å². The molecule has 0 bridgehead atoms. The minimum atomic E-state index is -1.02. The number of aliphatic carboxylic acids is 1. The van der Waals surface area contributed by atoms with Crippen LogP contribution < -0.4 is 14.8 Å². The molecule has 1 aromatic carbocycles. The number of benzene rings is 1. The Kier molecular flexibility index (Phi) is 2.83. The quantitative estimate of drug-likeness (QED) is 0.838. The first-order valence-electron chi connectivity index (χ1n) is 5.40. The second-order valence-electron chi connectivity index (χ2n) is 4.41. The molecular formula is C12H15NO4. The summed E-state index contributed by atoms with van der Waals surface area (Å²) in [7, 11) is 0. The van der Waals surface area contributed by atoms with Crippen molar-refractivity contribution in [2.45, 2.75) is 19.4 Å². The second kappa shape index (κ2) is 4.16. The number of fused-ring (bicyclic) bond motifs is 1. The first-order chi connectivity index (χ1) is 7.99. The molecule has 1 heterocycles. The number of carboxylic acid groups (broad SMARTS) is 1. The van der Waals surface area contributed by atoms with Crippen LogP contribution in [0.3, 0.4) is 0 Å². The topological polar surface area (TPSA) is 67.8 Å². The smallest absolute Gasteiger partial charge is 0.328 e. The standard InChI is InChI=1S/C12H15NO4/c1-12(2,11(14)15)13-8-3-4-9-10(7-8)17-6-5-16-9/h3-4,7,13H,5-6H2,1-2H3,(H,14,15). The fourth-order valence-corrected chi connectivity index (χ4v) is 1.54. The molecule has 0 aliphatic carbocycles. The van der Waals surface area contributed by atoms with Gasteiger partial charge < -0.3 is 19.9 Å². The van der Waals surface area contributed by atoms with Crippen molar-refractivity contribution >= 4 is 11.7 Å². The minimum absolute atomic E-state index is 0.513. The highest BCUT2D eigenvalue weighted by molar-refractivity contribution is 5.81. The van der Waals surface area contributed by atoms with Gasteiger partial charge in [0.15, 0.2) is 11.5 Å².